The van der Waals surface area contributed by atoms with Crippen molar-refractivity contribution >= 4 is 38.7 Å². The number of sulfonamides is 1. The van der Waals surface area contributed by atoms with Gasteiger partial charge in [0.1, 0.15) is 9.77 Å². The highest BCUT2D eigenvalue weighted by molar-refractivity contribution is 7.89. The van der Waals surface area contributed by atoms with Crippen molar-refractivity contribution in [3.8, 4) is 0 Å². The minimum Gasteiger partial charge on any atom is -0.477 e. The Hall–Kier alpha value is -1.29. The fourth-order valence-corrected chi connectivity index (χ4v) is 4.95. The van der Waals surface area contributed by atoms with E-state index < -0.39 is 16.0 Å². The molecule has 2 aromatic rings. The molecule has 0 spiro atoms. The second-order valence-corrected chi connectivity index (χ2v) is 7.70. The lowest BCUT2D eigenvalue weighted by atomic mass is 10.3. The molecule has 0 aliphatic carbocycles. The van der Waals surface area contributed by atoms with Crippen LogP contribution in [-0.4, -0.2) is 35.8 Å². The number of thiophene rings is 1. The van der Waals surface area contributed by atoms with Crippen LogP contribution in [0.3, 0.4) is 0 Å². The van der Waals surface area contributed by atoms with Gasteiger partial charge >= 0.3 is 5.97 Å². The van der Waals surface area contributed by atoms with Crippen LogP contribution in [0.1, 0.15) is 20.9 Å². The second-order valence-electron chi connectivity index (χ2n) is 4.12. The van der Waals surface area contributed by atoms with Gasteiger partial charge in [0, 0.05) is 12.4 Å². The zero-order valence-corrected chi connectivity index (χ0v) is 13.2. The summed E-state index contributed by atoms with van der Waals surface area (Å²) in [6.07, 6.45) is 0. The van der Waals surface area contributed by atoms with Crippen LogP contribution < -0.4 is 0 Å². The summed E-state index contributed by atoms with van der Waals surface area (Å²) in [7, 11) is -2.44. The van der Waals surface area contributed by atoms with Crippen LogP contribution in [0.5, 0.6) is 0 Å². The molecule has 0 aromatic carbocycles. The highest BCUT2D eigenvalue weighted by Gasteiger charge is 2.30. The Balaban J connectivity index is 2.40. The van der Waals surface area contributed by atoms with E-state index in [9.17, 15) is 13.2 Å². The molecular formula is C11H12N2O4S3. The highest BCUT2D eigenvalue weighted by atomic mass is 32.2. The minimum atomic E-state index is -3.85. The lowest BCUT2D eigenvalue weighted by molar-refractivity contribution is 0.0698. The molecule has 0 aliphatic rings. The first-order valence-corrected chi connectivity index (χ1v) is 8.75. The maximum atomic E-state index is 12.5. The smallest absolute Gasteiger partial charge is 0.347 e. The van der Waals surface area contributed by atoms with Gasteiger partial charge in [0.05, 0.1) is 17.7 Å². The van der Waals surface area contributed by atoms with Gasteiger partial charge in [0.15, 0.2) is 0 Å². The zero-order chi connectivity index (χ0) is 14.9. The first kappa shape index (κ1) is 15.1. The van der Waals surface area contributed by atoms with Crippen LogP contribution >= 0.6 is 22.7 Å². The number of aryl methyl sites for hydroxylation is 1. The van der Waals surface area contributed by atoms with Crippen LogP contribution in [0, 0.1) is 6.92 Å². The Morgan fingerprint density at radius 1 is 1.45 bits per heavy atom. The van der Waals surface area contributed by atoms with Gasteiger partial charge < -0.3 is 5.11 Å². The molecule has 0 atom stereocenters. The fourth-order valence-electron chi connectivity index (χ4n) is 1.69. The van der Waals surface area contributed by atoms with Crippen molar-refractivity contribution in [1.29, 1.82) is 0 Å². The Kier molecular flexibility index (Phi) is 4.23. The molecule has 0 saturated heterocycles. The number of carboxylic acids is 1. The number of carboxylic acid groups (broad SMARTS) is 1. The summed E-state index contributed by atoms with van der Waals surface area (Å²) >= 11 is 2.29. The van der Waals surface area contributed by atoms with E-state index in [-0.39, 0.29) is 16.3 Å². The van der Waals surface area contributed by atoms with E-state index in [1.165, 1.54) is 23.8 Å². The third-order valence-electron chi connectivity index (χ3n) is 2.65. The molecule has 2 heterocycles. The number of carbonyl (C=O) groups is 1. The van der Waals surface area contributed by atoms with E-state index in [1.54, 1.807) is 17.8 Å². The van der Waals surface area contributed by atoms with E-state index >= 15 is 0 Å². The number of rotatable bonds is 5. The standard InChI is InChI=1S/C11H12N2O4S3/c1-7-4-19-9(11(14)15)10(7)20(16,17)13(2)3-8-5-18-6-12-8/h4-6H,3H2,1-2H3,(H,14,15). The molecule has 20 heavy (non-hydrogen) atoms. The molecular weight excluding hydrogens is 320 g/mol. The summed E-state index contributed by atoms with van der Waals surface area (Å²) in [5.41, 5.74) is 2.69. The van der Waals surface area contributed by atoms with Gasteiger partial charge in [0.2, 0.25) is 10.0 Å². The third kappa shape index (κ3) is 2.75. The summed E-state index contributed by atoms with van der Waals surface area (Å²) in [5, 5.41) is 12.4. The maximum Gasteiger partial charge on any atom is 0.347 e. The van der Waals surface area contributed by atoms with E-state index in [0.29, 0.717) is 11.3 Å². The van der Waals surface area contributed by atoms with Gasteiger partial charge in [-0.05, 0) is 17.9 Å². The molecule has 0 radical (unpaired) electrons. The predicted molar refractivity (Wildman–Crippen MR) is 76.8 cm³/mol. The summed E-state index contributed by atoms with van der Waals surface area (Å²) in [5.74, 6) is -1.23. The quantitative estimate of drug-likeness (QED) is 0.905. The van der Waals surface area contributed by atoms with E-state index in [4.69, 9.17) is 5.11 Å². The number of aromatic carboxylic acids is 1. The molecule has 2 rings (SSSR count). The highest BCUT2D eigenvalue weighted by Crippen LogP contribution is 2.29. The Morgan fingerprint density at radius 2 is 2.15 bits per heavy atom. The molecule has 108 valence electrons. The Morgan fingerprint density at radius 3 is 2.70 bits per heavy atom. The molecule has 0 fully saturated rings. The van der Waals surface area contributed by atoms with Crippen LogP contribution in [0.2, 0.25) is 0 Å². The van der Waals surface area contributed by atoms with Crippen molar-refractivity contribution < 1.29 is 18.3 Å². The van der Waals surface area contributed by atoms with Gasteiger partial charge in [-0.25, -0.2) is 18.2 Å². The Bertz CT molecular complexity index is 719. The molecule has 0 amide bonds. The first-order valence-electron chi connectivity index (χ1n) is 5.49. The number of hydrogen-bond donors (Lipinski definition) is 1. The molecule has 1 N–H and O–H groups in total. The van der Waals surface area contributed by atoms with Crippen LogP contribution in [0.15, 0.2) is 21.2 Å². The van der Waals surface area contributed by atoms with Gasteiger partial charge in [-0.15, -0.1) is 22.7 Å². The van der Waals surface area contributed by atoms with E-state index in [2.05, 4.69) is 4.98 Å². The number of nitrogens with zero attached hydrogens (tertiary/aromatic N) is 2. The van der Waals surface area contributed by atoms with Crippen molar-refractivity contribution in [3.63, 3.8) is 0 Å². The van der Waals surface area contributed by atoms with Crippen LogP contribution in [0.4, 0.5) is 0 Å². The van der Waals surface area contributed by atoms with Gasteiger partial charge in [-0.1, -0.05) is 0 Å². The zero-order valence-electron chi connectivity index (χ0n) is 10.7. The number of hydrogen-bond acceptors (Lipinski definition) is 6. The van der Waals surface area contributed by atoms with Crippen molar-refractivity contribution in [1.82, 2.24) is 9.29 Å². The molecule has 0 bridgehead atoms. The fraction of sp³-hybridized carbons (Fsp3) is 0.273. The maximum absolute atomic E-state index is 12.5. The molecule has 0 saturated carbocycles. The van der Waals surface area contributed by atoms with Crippen molar-refractivity contribution in [2.45, 2.75) is 18.4 Å². The lowest BCUT2D eigenvalue weighted by Crippen LogP contribution is -2.28. The van der Waals surface area contributed by atoms with Crippen molar-refractivity contribution in [3.05, 3.63) is 32.4 Å². The molecule has 6 nitrogen and oxygen atoms in total. The van der Waals surface area contributed by atoms with Crippen LogP contribution in [-0.2, 0) is 16.6 Å². The van der Waals surface area contributed by atoms with Gasteiger partial charge in [-0.3, -0.25) is 0 Å². The van der Waals surface area contributed by atoms with E-state index in [1.807, 2.05) is 0 Å². The SMILES string of the molecule is Cc1csc(C(=O)O)c1S(=O)(=O)N(C)Cc1cscn1. The molecule has 9 heteroatoms. The molecule has 0 unspecified atom stereocenters. The van der Waals surface area contributed by atoms with Gasteiger partial charge in [0.25, 0.3) is 0 Å². The minimum absolute atomic E-state index is 0.111. The lowest BCUT2D eigenvalue weighted by Gasteiger charge is -2.16. The summed E-state index contributed by atoms with van der Waals surface area (Å²) in [6.45, 7) is 1.70. The number of thiazole rings is 1. The monoisotopic (exact) mass is 332 g/mol. The first-order chi connectivity index (χ1) is 9.34. The van der Waals surface area contributed by atoms with Crippen LogP contribution in [0.25, 0.3) is 0 Å². The molecule has 0 aliphatic heterocycles. The summed E-state index contributed by atoms with van der Waals surface area (Å²) < 4.78 is 26.1. The van der Waals surface area contributed by atoms with E-state index in [0.717, 1.165) is 15.6 Å². The number of aromatic nitrogens is 1. The normalized spacial score (nSPS) is 11.9. The average Bonchev–Trinajstić information content (AvgIpc) is 2.98. The Labute approximate surface area is 124 Å². The van der Waals surface area contributed by atoms with Crippen molar-refractivity contribution in [2.75, 3.05) is 7.05 Å². The summed E-state index contributed by atoms with van der Waals surface area (Å²) in [6, 6.07) is 0. The second kappa shape index (κ2) is 5.60. The average molecular weight is 332 g/mol. The summed E-state index contributed by atoms with van der Waals surface area (Å²) in [4.78, 5) is 14.9. The van der Waals surface area contributed by atoms with Crippen molar-refractivity contribution in [2.24, 2.45) is 0 Å². The van der Waals surface area contributed by atoms with Gasteiger partial charge in [-0.2, -0.15) is 4.31 Å². The largest absolute Gasteiger partial charge is 0.477 e. The topological polar surface area (TPSA) is 87.6 Å². The third-order valence-corrected chi connectivity index (χ3v) is 6.49. The predicted octanol–water partition coefficient (Wildman–Crippen LogP) is 2.03. The molecule has 2 aromatic heterocycles.